The summed E-state index contributed by atoms with van der Waals surface area (Å²) in [4.78, 5) is 43.0. The quantitative estimate of drug-likeness (QED) is 0.249. The summed E-state index contributed by atoms with van der Waals surface area (Å²) >= 11 is 0. The van der Waals surface area contributed by atoms with Crippen LogP contribution in [0.3, 0.4) is 0 Å². The maximum atomic E-state index is 13.1. The maximum absolute atomic E-state index is 13.1. The van der Waals surface area contributed by atoms with Gasteiger partial charge >= 0.3 is 17.9 Å². The van der Waals surface area contributed by atoms with Gasteiger partial charge in [0.05, 0.1) is 16.7 Å². The van der Waals surface area contributed by atoms with E-state index in [0.717, 1.165) is 0 Å². The Hall–Kier alpha value is -5.47. The lowest BCUT2D eigenvalue weighted by molar-refractivity contribution is -0.0467. The van der Waals surface area contributed by atoms with Gasteiger partial charge in [-0.2, -0.15) is 10.2 Å². The van der Waals surface area contributed by atoms with Gasteiger partial charge in [0, 0.05) is 0 Å². The normalized spacial score (nSPS) is 19.6. The molecule has 0 bridgehead atoms. The van der Waals surface area contributed by atoms with Crippen LogP contribution in [0.1, 0.15) is 48.8 Å². The molecule has 4 atom stereocenters. The van der Waals surface area contributed by atoms with Crippen LogP contribution in [0, 0.1) is 11.3 Å². The van der Waals surface area contributed by atoms with Gasteiger partial charge in [-0.15, -0.1) is 0 Å². The lowest BCUT2D eigenvalue weighted by atomic mass is 10.1. The molecule has 0 amide bonds. The number of nitrogens with two attached hydrogens (primary N) is 1. The number of nitriles is 1. The van der Waals surface area contributed by atoms with Crippen molar-refractivity contribution in [1.29, 1.82) is 5.26 Å². The standard InChI is InChI=1S/C30H23N3O8/c31-16-21-26(32)41-27(33-21)25-24(40-30(36)20-14-8-3-9-15-20)23(39-29(35)19-12-6-2-7-13-19)22(38-25)17-37-28(34)18-10-4-1-5-11-18/h1-15,22-25H,17,32H2. The van der Waals surface area contributed by atoms with Crippen LogP contribution < -0.4 is 5.73 Å². The van der Waals surface area contributed by atoms with Crippen LogP contribution in [0.2, 0.25) is 0 Å². The molecule has 1 saturated heterocycles. The highest BCUT2D eigenvalue weighted by atomic mass is 16.7. The molecule has 0 spiro atoms. The molecule has 11 nitrogen and oxygen atoms in total. The number of anilines is 1. The van der Waals surface area contributed by atoms with E-state index in [1.54, 1.807) is 91.0 Å². The van der Waals surface area contributed by atoms with Crippen molar-refractivity contribution in [3.8, 4) is 6.07 Å². The first-order valence-electron chi connectivity index (χ1n) is 12.5. The predicted octanol–water partition coefficient (Wildman–Crippen LogP) is 3.88. The van der Waals surface area contributed by atoms with Gasteiger partial charge in [0.15, 0.2) is 18.3 Å². The molecular weight excluding hydrogens is 530 g/mol. The molecule has 1 aliphatic rings. The minimum absolute atomic E-state index is 0.178. The fourth-order valence-corrected chi connectivity index (χ4v) is 4.23. The Kier molecular flexibility index (Phi) is 8.03. The first-order valence-corrected chi connectivity index (χ1v) is 12.5. The first kappa shape index (κ1) is 27.1. The maximum Gasteiger partial charge on any atom is 0.338 e. The second kappa shape index (κ2) is 12.1. The van der Waals surface area contributed by atoms with Crippen molar-refractivity contribution in [2.24, 2.45) is 0 Å². The van der Waals surface area contributed by atoms with Crippen LogP contribution in [-0.4, -0.2) is 47.8 Å². The summed E-state index contributed by atoms with van der Waals surface area (Å²) in [5.41, 5.74) is 6.33. The zero-order valence-electron chi connectivity index (χ0n) is 21.4. The smallest absolute Gasteiger partial charge is 0.338 e. The van der Waals surface area contributed by atoms with E-state index >= 15 is 0 Å². The summed E-state index contributed by atoms with van der Waals surface area (Å²) < 4.78 is 28.7. The number of carbonyl (C=O) groups is 3. The van der Waals surface area contributed by atoms with Gasteiger partial charge in [-0.1, -0.05) is 54.6 Å². The lowest BCUT2D eigenvalue weighted by Crippen LogP contribution is -2.40. The van der Waals surface area contributed by atoms with Gasteiger partial charge in [0.1, 0.15) is 18.8 Å². The van der Waals surface area contributed by atoms with Crippen LogP contribution in [0.4, 0.5) is 5.88 Å². The van der Waals surface area contributed by atoms with Gasteiger partial charge in [-0.05, 0) is 36.4 Å². The van der Waals surface area contributed by atoms with Crippen LogP contribution in [-0.2, 0) is 18.9 Å². The average Bonchev–Trinajstić information content (AvgIpc) is 3.56. The number of esters is 3. The summed E-state index contributed by atoms with van der Waals surface area (Å²) in [6.07, 6.45) is -4.98. The number of aromatic nitrogens is 1. The topological polar surface area (TPSA) is 164 Å². The third-order valence-electron chi connectivity index (χ3n) is 6.22. The van der Waals surface area contributed by atoms with E-state index < -0.39 is 42.3 Å². The Balaban J connectivity index is 1.48. The largest absolute Gasteiger partial charge is 0.459 e. The molecule has 2 heterocycles. The molecule has 4 unspecified atom stereocenters. The third kappa shape index (κ3) is 6.08. The number of hydrogen-bond donors (Lipinski definition) is 1. The molecule has 41 heavy (non-hydrogen) atoms. The zero-order valence-corrected chi connectivity index (χ0v) is 21.4. The average molecular weight is 554 g/mol. The number of nitrogens with zero attached hydrogens (tertiary/aromatic N) is 2. The minimum Gasteiger partial charge on any atom is -0.459 e. The van der Waals surface area contributed by atoms with Crippen molar-refractivity contribution in [1.82, 2.24) is 4.98 Å². The second-order valence-electron chi connectivity index (χ2n) is 8.91. The monoisotopic (exact) mass is 553 g/mol. The van der Waals surface area contributed by atoms with Gasteiger partial charge in [-0.3, -0.25) is 0 Å². The summed E-state index contributed by atoms with van der Waals surface area (Å²) in [5, 5.41) is 9.33. The summed E-state index contributed by atoms with van der Waals surface area (Å²) in [6.45, 7) is -0.377. The Bertz CT molecular complexity index is 1570. The number of carbonyl (C=O) groups excluding carboxylic acids is 3. The molecule has 2 N–H and O–H groups in total. The van der Waals surface area contributed by atoms with E-state index in [-0.39, 0.29) is 35.2 Å². The zero-order chi connectivity index (χ0) is 28.8. The number of ether oxygens (including phenoxy) is 4. The predicted molar refractivity (Wildman–Crippen MR) is 141 cm³/mol. The highest BCUT2D eigenvalue weighted by Gasteiger charge is 2.53. The third-order valence-corrected chi connectivity index (χ3v) is 6.22. The van der Waals surface area contributed by atoms with Crippen molar-refractivity contribution < 1.29 is 37.7 Å². The van der Waals surface area contributed by atoms with Crippen molar-refractivity contribution in [3.63, 3.8) is 0 Å². The molecular formula is C30H23N3O8. The van der Waals surface area contributed by atoms with Gasteiger partial charge in [0.2, 0.25) is 17.5 Å². The summed E-state index contributed by atoms with van der Waals surface area (Å²) in [7, 11) is 0. The Morgan fingerprint density at radius 2 is 1.27 bits per heavy atom. The molecule has 3 aromatic carbocycles. The molecule has 1 fully saturated rings. The second-order valence-corrected chi connectivity index (χ2v) is 8.91. The molecule has 0 saturated carbocycles. The fourth-order valence-electron chi connectivity index (χ4n) is 4.23. The molecule has 0 radical (unpaired) electrons. The Labute approximate surface area is 234 Å². The lowest BCUT2D eigenvalue weighted by Gasteiger charge is -2.24. The molecule has 1 aromatic heterocycles. The fraction of sp³-hybridized carbons (Fsp3) is 0.167. The Morgan fingerprint density at radius 1 is 0.780 bits per heavy atom. The van der Waals surface area contributed by atoms with E-state index in [2.05, 4.69) is 4.98 Å². The van der Waals surface area contributed by atoms with Crippen LogP contribution in [0.5, 0.6) is 0 Å². The highest BCUT2D eigenvalue weighted by molar-refractivity contribution is 5.91. The van der Waals surface area contributed by atoms with Crippen molar-refractivity contribution >= 4 is 23.8 Å². The summed E-state index contributed by atoms with van der Waals surface area (Å²) in [5.74, 6) is -2.56. The van der Waals surface area contributed by atoms with Crippen molar-refractivity contribution in [2.45, 2.75) is 24.4 Å². The molecule has 5 rings (SSSR count). The van der Waals surface area contributed by atoms with Crippen LogP contribution in [0.25, 0.3) is 0 Å². The number of nitrogen functional groups attached to an aromatic ring is 1. The molecule has 206 valence electrons. The van der Waals surface area contributed by atoms with Crippen molar-refractivity contribution in [3.05, 3.63) is 119 Å². The summed E-state index contributed by atoms with van der Waals surface area (Å²) in [6, 6.07) is 26.4. The molecule has 0 aliphatic carbocycles. The number of oxazole rings is 1. The number of hydrogen-bond acceptors (Lipinski definition) is 11. The van der Waals surface area contributed by atoms with Crippen molar-refractivity contribution in [2.75, 3.05) is 12.3 Å². The van der Waals surface area contributed by atoms with E-state index in [9.17, 15) is 19.6 Å². The van der Waals surface area contributed by atoms with Gasteiger partial charge in [0.25, 0.3) is 0 Å². The van der Waals surface area contributed by atoms with Crippen LogP contribution in [0.15, 0.2) is 95.4 Å². The molecule has 11 heteroatoms. The van der Waals surface area contributed by atoms with E-state index in [0.29, 0.717) is 5.56 Å². The minimum atomic E-state index is -1.32. The first-order chi connectivity index (χ1) is 19.9. The van der Waals surface area contributed by atoms with E-state index in [4.69, 9.17) is 29.1 Å². The SMILES string of the molecule is N#Cc1nc(C2OC(COC(=O)c3ccccc3)C(OC(=O)c3ccccc3)C2OC(=O)c2ccccc2)oc1N. The van der Waals surface area contributed by atoms with Gasteiger partial charge in [-0.25, -0.2) is 14.4 Å². The van der Waals surface area contributed by atoms with E-state index in [1.165, 1.54) is 0 Å². The highest BCUT2D eigenvalue weighted by Crippen LogP contribution is 2.39. The Morgan fingerprint density at radius 3 is 1.76 bits per heavy atom. The molecule has 1 aliphatic heterocycles. The van der Waals surface area contributed by atoms with Crippen LogP contribution >= 0.6 is 0 Å². The molecule has 4 aromatic rings. The number of benzene rings is 3. The van der Waals surface area contributed by atoms with Gasteiger partial charge < -0.3 is 29.1 Å². The van der Waals surface area contributed by atoms with E-state index in [1.807, 2.05) is 6.07 Å². The number of rotatable bonds is 8.